The summed E-state index contributed by atoms with van der Waals surface area (Å²) in [7, 11) is 0. The molecule has 2 heterocycles. The Morgan fingerprint density at radius 2 is 1.68 bits per heavy atom. The van der Waals surface area contributed by atoms with Crippen molar-refractivity contribution in [2.75, 3.05) is 10.7 Å². The van der Waals surface area contributed by atoms with Gasteiger partial charge in [-0.3, -0.25) is 4.79 Å². The summed E-state index contributed by atoms with van der Waals surface area (Å²) < 4.78 is 1.87. The van der Waals surface area contributed by atoms with Gasteiger partial charge < -0.3 is 10.7 Å². The number of benzene rings is 3. The fourth-order valence-corrected chi connectivity index (χ4v) is 5.53. The van der Waals surface area contributed by atoms with Gasteiger partial charge in [0.1, 0.15) is 5.25 Å². The largest absolute Gasteiger partial charge is 0.325 e. The van der Waals surface area contributed by atoms with Gasteiger partial charge in [0.05, 0.1) is 6.04 Å². The molecule has 2 N–H and O–H groups in total. The van der Waals surface area contributed by atoms with E-state index in [4.69, 9.17) is 11.6 Å². The highest BCUT2D eigenvalue weighted by Gasteiger charge is 2.38. The van der Waals surface area contributed by atoms with Gasteiger partial charge in [0.2, 0.25) is 11.1 Å². The zero-order chi connectivity index (χ0) is 23.8. The molecule has 6 nitrogen and oxygen atoms in total. The summed E-state index contributed by atoms with van der Waals surface area (Å²) in [6.07, 6.45) is 0. The summed E-state index contributed by atoms with van der Waals surface area (Å²) in [5.41, 5.74) is 9.49. The maximum Gasteiger partial charge on any atom is 0.240 e. The molecule has 0 spiro atoms. The lowest BCUT2D eigenvalue weighted by atomic mass is 10.0. The van der Waals surface area contributed by atoms with Gasteiger partial charge in [-0.25, -0.2) is 4.68 Å². The highest BCUT2D eigenvalue weighted by atomic mass is 35.5. The monoisotopic (exact) mass is 489 g/mol. The van der Waals surface area contributed by atoms with Gasteiger partial charge >= 0.3 is 0 Å². The Bertz CT molecular complexity index is 1330. The zero-order valence-electron chi connectivity index (χ0n) is 19.0. The minimum absolute atomic E-state index is 0.0944. The maximum atomic E-state index is 13.6. The van der Waals surface area contributed by atoms with Crippen LogP contribution in [0, 0.1) is 20.8 Å². The molecule has 4 aromatic rings. The first-order valence-electron chi connectivity index (χ1n) is 11.0. The summed E-state index contributed by atoms with van der Waals surface area (Å²) in [5, 5.41) is 12.8. The first kappa shape index (κ1) is 22.5. The molecule has 8 heteroatoms. The molecule has 2 unspecified atom stereocenters. The topological polar surface area (TPSA) is 71.8 Å². The van der Waals surface area contributed by atoms with Crippen LogP contribution in [0.15, 0.2) is 71.9 Å². The van der Waals surface area contributed by atoms with E-state index in [9.17, 15) is 4.79 Å². The van der Waals surface area contributed by atoms with Crippen molar-refractivity contribution in [3.8, 4) is 11.4 Å². The third-order valence-electron chi connectivity index (χ3n) is 5.88. The van der Waals surface area contributed by atoms with Crippen LogP contribution in [0.1, 0.15) is 28.3 Å². The van der Waals surface area contributed by atoms with E-state index in [0.717, 1.165) is 27.9 Å². The van der Waals surface area contributed by atoms with Gasteiger partial charge in [-0.2, -0.15) is 0 Å². The molecule has 5 rings (SSSR count). The number of aryl methyl sites for hydroxylation is 3. The highest BCUT2D eigenvalue weighted by molar-refractivity contribution is 8.00. The number of nitrogens with zero attached hydrogens (tertiary/aromatic N) is 3. The van der Waals surface area contributed by atoms with Crippen molar-refractivity contribution in [1.29, 1.82) is 0 Å². The summed E-state index contributed by atoms with van der Waals surface area (Å²) in [5.74, 6) is 0.606. The summed E-state index contributed by atoms with van der Waals surface area (Å²) in [4.78, 5) is 13.6. The SMILES string of the molecule is Cc1cc(C)c(NC(=O)C2Sc3nnc(-c4ccccc4)n3NC2c2ccc(Cl)cc2)c(C)c1. The second kappa shape index (κ2) is 9.16. The molecule has 0 aliphatic carbocycles. The van der Waals surface area contributed by atoms with Crippen molar-refractivity contribution in [3.05, 3.63) is 94.0 Å². The van der Waals surface area contributed by atoms with Crippen molar-refractivity contribution < 1.29 is 4.79 Å². The molecule has 0 radical (unpaired) electrons. The Morgan fingerprint density at radius 3 is 2.35 bits per heavy atom. The highest BCUT2D eigenvalue weighted by Crippen LogP contribution is 2.39. The number of amides is 1. The first-order valence-corrected chi connectivity index (χ1v) is 12.2. The van der Waals surface area contributed by atoms with E-state index in [0.29, 0.717) is 16.0 Å². The zero-order valence-corrected chi connectivity index (χ0v) is 20.6. The molecule has 2 atom stereocenters. The lowest BCUT2D eigenvalue weighted by Crippen LogP contribution is -2.41. The minimum Gasteiger partial charge on any atom is -0.325 e. The standard InChI is InChI=1S/C26H24ClN5OS/c1-15-13-16(2)21(17(3)14-15)28-25(33)23-22(18-9-11-20(27)12-10-18)31-32-24(29-30-26(32)34-23)19-7-5-4-6-8-19/h4-14,22-23,31H,1-3H3,(H,28,33). The molecule has 0 saturated heterocycles. The fourth-order valence-electron chi connectivity index (χ4n) is 4.32. The van der Waals surface area contributed by atoms with E-state index in [2.05, 4.69) is 40.0 Å². The van der Waals surface area contributed by atoms with E-state index < -0.39 is 5.25 Å². The second-order valence-corrected chi connectivity index (χ2v) is 10.0. The Kier molecular flexibility index (Phi) is 6.06. The Balaban J connectivity index is 1.53. The van der Waals surface area contributed by atoms with Crippen LogP contribution in [0.3, 0.4) is 0 Å². The van der Waals surface area contributed by atoms with Crippen molar-refractivity contribution in [2.24, 2.45) is 0 Å². The van der Waals surface area contributed by atoms with Gasteiger partial charge in [0, 0.05) is 16.3 Å². The van der Waals surface area contributed by atoms with Crippen LogP contribution in [0.5, 0.6) is 0 Å². The van der Waals surface area contributed by atoms with Gasteiger partial charge in [0.15, 0.2) is 5.82 Å². The molecule has 34 heavy (non-hydrogen) atoms. The summed E-state index contributed by atoms with van der Waals surface area (Å²) in [6.45, 7) is 6.09. The third-order valence-corrected chi connectivity index (χ3v) is 7.35. The molecule has 0 saturated carbocycles. The quantitative estimate of drug-likeness (QED) is 0.372. The number of carbonyl (C=O) groups is 1. The average Bonchev–Trinajstić information content (AvgIpc) is 3.24. The van der Waals surface area contributed by atoms with E-state index in [1.54, 1.807) is 0 Å². The van der Waals surface area contributed by atoms with Crippen molar-refractivity contribution in [3.63, 3.8) is 0 Å². The van der Waals surface area contributed by atoms with Crippen LogP contribution in [-0.2, 0) is 4.79 Å². The van der Waals surface area contributed by atoms with Crippen LogP contribution >= 0.6 is 23.4 Å². The van der Waals surface area contributed by atoms with Crippen molar-refractivity contribution in [2.45, 2.75) is 37.2 Å². The number of nitrogens with one attached hydrogen (secondary N) is 2. The molecular formula is C26H24ClN5OS. The van der Waals surface area contributed by atoms with Crippen LogP contribution in [-0.4, -0.2) is 26.0 Å². The minimum atomic E-state index is -0.471. The lowest BCUT2D eigenvalue weighted by Gasteiger charge is -2.33. The van der Waals surface area contributed by atoms with Gasteiger partial charge in [-0.1, -0.05) is 83.5 Å². The number of hydrogen-bond acceptors (Lipinski definition) is 5. The van der Waals surface area contributed by atoms with Crippen LogP contribution in [0.4, 0.5) is 5.69 Å². The predicted molar refractivity (Wildman–Crippen MR) is 138 cm³/mol. The number of rotatable bonds is 4. The molecule has 1 aromatic heterocycles. The Morgan fingerprint density at radius 1 is 1.00 bits per heavy atom. The Hall–Kier alpha value is -3.29. The first-order chi connectivity index (χ1) is 16.4. The summed E-state index contributed by atoms with van der Waals surface area (Å²) >= 11 is 7.55. The molecule has 172 valence electrons. The molecule has 1 aliphatic rings. The van der Waals surface area contributed by atoms with Gasteiger partial charge in [0.25, 0.3) is 0 Å². The van der Waals surface area contributed by atoms with E-state index in [1.807, 2.05) is 73.1 Å². The smallest absolute Gasteiger partial charge is 0.240 e. The van der Waals surface area contributed by atoms with Crippen LogP contribution < -0.4 is 10.7 Å². The number of thioether (sulfide) groups is 1. The number of anilines is 1. The fraction of sp³-hybridized carbons (Fsp3) is 0.192. The molecule has 1 amide bonds. The third kappa shape index (κ3) is 4.29. The normalized spacial score (nSPS) is 17.1. The Labute approximate surface area is 207 Å². The van der Waals surface area contributed by atoms with Crippen molar-refractivity contribution >= 4 is 35.0 Å². The number of fused-ring (bicyclic) bond motifs is 1. The lowest BCUT2D eigenvalue weighted by molar-refractivity contribution is -0.116. The number of carbonyl (C=O) groups excluding carboxylic acids is 1. The van der Waals surface area contributed by atoms with E-state index >= 15 is 0 Å². The molecule has 1 aliphatic heterocycles. The van der Waals surface area contributed by atoms with Crippen LogP contribution in [0.25, 0.3) is 11.4 Å². The summed E-state index contributed by atoms with van der Waals surface area (Å²) in [6, 6.07) is 21.3. The number of hydrogen-bond donors (Lipinski definition) is 2. The molecule has 0 fully saturated rings. The second-order valence-electron chi connectivity index (χ2n) is 8.47. The molecule has 0 bridgehead atoms. The predicted octanol–water partition coefficient (Wildman–Crippen LogP) is 5.92. The van der Waals surface area contributed by atoms with Crippen molar-refractivity contribution in [1.82, 2.24) is 14.9 Å². The van der Waals surface area contributed by atoms with Crippen LogP contribution in [0.2, 0.25) is 5.02 Å². The number of halogens is 1. The average molecular weight is 490 g/mol. The molecular weight excluding hydrogens is 466 g/mol. The maximum absolute atomic E-state index is 13.6. The molecule has 3 aromatic carbocycles. The van der Waals surface area contributed by atoms with Gasteiger partial charge in [-0.15, -0.1) is 10.2 Å². The van der Waals surface area contributed by atoms with E-state index in [1.165, 1.54) is 17.3 Å². The van der Waals surface area contributed by atoms with Gasteiger partial charge in [-0.05, 0) is 49.6 Å². The number of aromatic nitrogens is 3. The van der Waals surface area contributed by atoms with E-state index in [-0.39, 0.29) is 11.9 Å².